The summed E-state index contributed by atoms with van der Waals surface area (Å²) < 4.78 is 31.4. The number of halogens is 2. The summed E-state index contributed by atoms with van der Waals surface area (Å²) >= 11 is 0. The summed E-state index contributed by atoms with van der Waals surface area (Å²) in [4.78, 5) is 23.8. The molecule has 1 amide bonds. The van der Waals surface area contributed by atoms with Crippen LogP contribution in [0.1, 0.15) is 57.6 Å². The molecule has 2 saturated heterocycles. The van der Waals surface area contributed by atoms with Gasteiger partial charge in [0.1, 0.15) is 17.3 Å². The Kier molecular flexibility index (Phi) is 9.77. The van der Waals surface area contributed by atoms with Gasteiger partial charge in [-0.25, -0.2) is 13.8 Å². The molecule has 2 aromatic rings. The molecule has 3 heterocycles. The van der Waals surface area contributed by atoms with Crippen molar-refractivity contribution in [1.29, 1.82) is 0 Å². The molecular formula is C30H42F2N6O4. The van der Waals surface area contributed by atoms with Gasteiger partial charge in [-0.3, -0.25) is 15.0 Å². The Labute approximate surface area is 245 Å². The lowest BCUT2D eigenvalue weighted by Gasteiger charge is -2.37. The molecule has 3 aliphatic rings. The highest BCUT2D eigenvalue weighted by Crippen LogP contribution is 2.48. The second-order valence-corrected chi connectivity index (χ2v) is 11.7. The molecule has 2 aliphatic heterocycles. The second kappa shape index (κ2) is 13.5. The van der Waals surface area contributed by atoms with Crippen molar-refractivity contribution in [3.63, 3.8) is 0 Å². The smallest absolute Gasteiger partial charge is 0.255 e. The Morgan fingerprint density at radius 3 is 2.45 bits per heavy atom. The summed E-state index contributed by atoms with van der Waals surface area (Å²) in [6, 6.07) is 11.7. The summed E-state index contributed by atoms with van der Waals surface area (Å²) in [5, 5.41) is 22.3. The number of piperidine rings is 2. The monoisotopic (exact) mass is 588 g/mol. The van der Waals surface area contributed by atoms with Gasteiger partial charge in [-0.05, 0) is 62.4 Å². The standard InChI is InChI=1S/C30H42F2N6O4/c1-20(34-29(40)37-13-3-4-25(18-37)35-21(2)39)22-5-7-26(8-6-22)42-38-14-11-24(12-15-38)36-28-10-9-27(17-33-28)41-19-23-16-30(23,31)32/h5-10,17,20,23-25,29,34,40H,3-4,11-16,18-19H2,1-2H3,(H,33,36)(H,35,39). The molecule has 4 N–H and O–H groups in total. The Morgan fingerprint density at radius 2 is 1.81 bits per heavy atom. The van der Waals surface area contributed by atoms with Gasteiger partial charge in [-0.1, -0.05) is 12.1 Å². The number of hydrogen-bond donors (Lipinski definition) is 4. The molecule has 1 aromatic heterocycles. The quantitative estimate of drug-likeness (QED) is 0.277. The van der Waals surface area contributed by atoms with Crippen LogP contribution in [0.2, 0.25) is 0 Å². The number of likely N-dealkylation sites (tertiary alicyclic amines) is 1. The van der Waals surface area contributed by atoms with Crippen LogP contribution in [0.4, 0.5) is 14.6 Å². The lowest BCUT2D eigenvalue weighted by molar-refractivity contribution is -0.120. The van der Waals surface area contributed by atoms with E-state index >= 15 is 0 Å². The zero-order chi connectivity index (χ0) is 29.7. The zero-order valence-corrected chi connectivity index (χ0v) is 24.3. The van der Waals surface area contributed by atoms with Crippen molar-refractivity contribution in [2.24, 2.45) is 5.92 Å². The number of rotatable bonds is 12. The van der Waals surface area contributed by atoms with E-state index in [1.807, 2.05) is 47.2 Å². The Balaban J connectivity index is 1.01. The molecule has 230 valence electrons. The van der Waals surface area contributed by atoms with Gasteiger partial charge in [-0.2, -0.15) is 0 Å². The average Bonchev–Trinajstić information content (AvgIpc) is 3.59. The number of aliphatic hydroxyl groups is 1. The van der Waals surface area contributed by atoms with E-state index in [0.717, 1.165) is 62.4 Å². The summed E-state index contributed by atoms with van der Waals surface area (Å²) in [5.74, 6) is -1.32. The maximum atomic E-state index is 13.0. The highest BCUT2D eigenvalue weighted by molar-refractivity contribution is 5.73. The van der Waals surface area contributed by atoms with Crippen molar-refractivity contribution >= 4 is 11.7 Å². The van der Waals surface area contributed by atoms with Crippen LogP contribution >= 0.6 is 0 Å². The minimum atomic E-state index is -2.58. The number of alkyl halides is 2. The van der Waals surface area contributed by atoms with Crippen LogP contribution in [0.25, 0.3) is 0 Å². The number of anilines is 1. The van der Waals surface area contributed by atoms with Gasteiger partial charge in [0.15, 0.2) is 6.35 Å². The van der Waals surface area contributed by atoms with Crippen molar-refractivity contribution in [3.8, 4) is 11.5 Å². The first kappa shape index (κ1) is 30.4. The first-order valence-corrected chi connectivity index (χ1v) is 14.9. The van der Waals surface area contributed by atoms with E-state index < -0.39 is 18.2 Å². The van der Waals surface area contributed by atoms with Gasteiger partial charge in [0.25, 0.3) is 5.92 Å². The highest BCUT2D eigenvalue weighted by Gasteiger charge is 2.57. The van der Waals surface area contributed by atoms with Crippen LogP contribution < -0.4 is 25.5 Å². The van der Waals surface area contributed by atoms with Gasteiger partial charge in [0, 0.05) is 57.6 Å². The van der Waals surface area contributed by atoms with Crippen molar-refractivity contribution in [2.45, 2.75) is 76.4 Å². The predicted molar refractivity (Wildman–Crippen MR) is 154 cm³/mol. The summed E-state index contributed by atoms with van der Waals surface area (Å²) in [6.07, 6.45) is 4.28. The van der Waals surface area contributed by atoms with E-state index in [2.05, 4.69) is 20.9 Å². The molecule has 10 nitrogen and oxygen atoms in total. The van der Waals surface area contributed by atoms with Crippen molar-refractivity contribution in [1.82, 2.24) is 25.6 Å². The third-order valence-corrected chi connectivity index (χ3v) is 8.17. The molecule has 0 spiro atoms. The van der Waals surface area contributed by atoms with E-state index in [-0.39, 0.29) is 37.1 Å². The Bertz CT molecular complexity index is 1160. The number of pyridine rings is 1. The van der Waals surface area contributed by atoms with Gasteiger partial charge >= 0.3 is 0 Å². The lowest BCUT2D eigenvalue weighted by atomic mass is 10.1. The van der Waals surface area contributed by atoms with Crippen LogP contribution in [0.5, 0.6) is 11.5 Å². The topological polar surface area (TPSA) is 111 Å². The Hall–Kier alpha value is -3.06. The SMILES string of the molecule is CC(=O)NC1CCCN(C(O)NC(C)c2ccc(ON3CCC(Nc4ccc(OCC5CC5(F)F)cn4)CC3)cc2)C1. The van der Waals surface area contributed by atoms with Gasteiger partial charge < -0.3 is 25.3 Å². The number of aromatic nitrogens is 1. The number of benzene rings is 1. The number of amides is 1. The molecule has 5 rings (SSSR count). The highest BCUT2D eigenvalue weighted by atomic mass is 19.3. The zero-order valence-electron chi connectivity index (χ0n) is 24.3. The van der Waals surface area contributed by atoms with Gasteiger partial charge in [0.2, 0.25) is 5.91 Å². The summed E-state index contributed by atoms with van der Waals surface area (Å²) in [7, 11) is 0. The molecule has 1 aromatic carbocycles. The maximum absolute atomic E-state index is 13.0. The molecule has 42 heavy (non-hydrogen) atoms. The maximum Gasteiger partial charge on any atom is 0.255 e. The second-order valence-electron chi connectivity index (χ2n) is 11.7. The number of hydrogen-bond acceptors (Lipinski definition) is 9. The first-order chi connectivity index (χ1) is 20.1. The number of carbonyl (C=O) groups is 1. The van der Waals surface area contributed by atoms with Crippen LogP contribution in [0.15, 0.2) is 42.6 Å². The lowest BCUT2D eigenvalue weighted by Crippen LogP contribution is -2.55. The first-order valence-electron chi connectivity index (χ1n) is 14.9. The molecule has 4 unspecified atom stereocenters. The van der Waals surface area contributed by atoms with Crippen LogP contribution in [-0.2, 0) is 4.79 Å². The minimum Gasteiger partial charge on any atom is -0.491 e. The molecule has 1 aliphatic carbocycles. The fraction of sp³-hybridized carbons (Fsp3) is 0.600. The Morgan fingerprint density at radius 1 is 1.10 bits per heavy atom. The van der Waals surface area contributed by atoms with E-state index in [0.29, 0.717) is 12.3 Å². The largest absolute Gasteiger partial charge is 0.491 e. The average molecular weight is 589 g/mol. The van der Waals surface area contributed by atoms with E-state index in [9.17, 15) is 18.7 Å². The van der Waals surface area contributed by atoms with Crippen molar-refractivity contribution in [2.75, 3.05) is 38.1 Å². The van der Waals surface area contributed by atoms with Crippen LogP contribution in [0, 0.1) is 5.92 Å². The number of nitrogens with one attached hydrogen (secondary N) is 3. The summed E-state index contributed by atoms with van der Waals surface area (Å²) in [6.45, 7) is 6.46. The van der Waals surface area contributed by atoms with E-state index in [4.69, 9.17) is 9.57 Å². The molecular weight excluding hydrogens is 546 g/mol. The number of nitrogens with zero attached hydrogens (tertiary/aromatic N) is 3. The molecule has 12 heteroatoms. The van der Waals surface area contributed by atoms with Gasteiger partial charge in [0.05, 0.1) is 18.7 Å². The normalized spacial score (nSPS) is 24.4. The fourth-order valence-corrected chi connectivity index (χ4v) is 5.52. The van der Waals surface area contributed by atoms with Crippen molar-refractivity contribution < 1.29 is 28.3 Å². The number of hydroxylamine groups is 2. The molecule has 4 atom stereocenters. The fourth-order valence-electron chi connectivity index (χ4n) is 5.52. The van der Waals surface area contributed by atoms with Gasteiger partial charge in [-0.15, -0.1) is 5.06 Å². The van der Waals surface area contributed by atoms with Crippen molar-refractivity contribution in [3.05, 3.63) is 48.2 Å². The molecule has 0 bridgehead atoms. The summed E-state index contributed by atoms with van der Waals surface area (Å²) in [5.41, 5.74) is 1.04. The van der Waals surface area contributed by atoms with E-state index in [1.54, 1.807) is 12.3 Å². The number of ether oxygens (including phenoxy) is 1. The third kappa shape index (κ3) is 8.50. The molecule has 0 radical (unpaired) electrons. The van der Waals surface area contributed by atoms with E-state index in [1.165, 1.54) is 6.92 Å². The third-order valence-electron chi connectivity index (χ3n) is 8.17. The van der Waals surface area contributed by atoms with Crippen LogP contribution in [-0.4, -0.2) is 83.1 Å². The number of carbonyl (C=O) groups excluding carboxylic acids is 1. The molecule has 1 saturated carbocycles. The van der Waals surface area contributed by atoms with Crippen LogP contribution in [0.3, 0.4) is 0 Å². The predicted octanol–water partition coefficient (Wildman–Crippen LogP) is 3.51. The minimum absolute atomic E-state index is 0.0168. The molecule has 3 fully saturated rings. The number of aliphatic hydroxyl groups excluding tert-OH is 1.